The molecule has 1 heterocycles. The Labute approximate surface area is 131 Å². The highest BCUT2D eigenvalue weighted by Crippen LogP contribution is 2.35. The van der Waals surface area contributed by atoms with Crippen LogP contribution in [0.1, 0.15) is 50.4 Å². The summed E-state index contributed by atoms with van der Waals surface area (Å²) in [5.41, 5.74) is 2.47. The molecule has 22 heavy (non-hydrogen) atoms. The molecule has 5 heteroatoms. The quantitative estimate of drug-likeness (QED) is 0.912. The Bertz CT molecular complexity index is 563. The van der Waals surface area contributed by atoms with E-state index in [9.17, 15) is 9.90 Å². The maximum Gasteiger partial charge on any atom is 0.410 e. The monoisotopic (exact) mass is 307 g/mol. The highest BCUT2D eigenvalue weighted by molar-refractivity contribution is 5.69. The van der Waals surface area contributed by atoms with Gasteiger partial charge in [-0.05, 0) is 57.4 Å². The minimum Gasteiger partial charge on any atom is -0.496 e. The first-order valence-corrected chi connectivity index (χ1v) is 7.57. The fourth-order valence-electron chi connectivity index (χ4n) is 2.78. The first-order chi connectivity index (χ1) is 10.3. The zero-order chi connectivity index (χ0) is 16.5. The molecule has 1 aliphatic rings. The maximum atomic E-state index is 12.3. The number of aliphatic hydroxyl groups excluding tert-OH is 1. The second-order valence-electron chi connectivity index (χ2n) is 6.62. The molecule has 1 N–H and O–H groups in total. The van der Waals surface area contributed by atoms with Gasteiger partial charge in [-0.1, -0.05) is 0 Å². The van der Waals surface area contributed by atoms with Gasteiger partial charge in [-0.2, -0.15) is 0 Å². The SMILES string of the molecule is COc1cc2c(cc1CO)CCN(C(=O)OC(C)(C)C)C2C. The summed E-state index contributed by atoms with van der Waals surface area (Å²) >= 11 is 0. The molecule has 122 valence electrons. The largest absolute Gasteiger partial charge is 0.496 e. The van der Waals surface area contributed by atoms with Crippen molar-refractivity contribution in [1.29, 1.82) is 0 Å². The Balaban J connectivity index is 2.29. The number of nitrogens with zero attached hydrogens (tertiary/aromatic N) is 1. The van der Waals surface area contributed by atoms with Crippen molar-refractivity contribution in [3.63, 3.8) is 0 Å². The Morgan fingerprint density at radius 1 is 1.41 bits per heavy atom. The minimum absolute atomic E-state index is 0.0549. The van der Waals surface area contributed by atoms with Gasteiger partial charge in [0.15, 0.2) is 0 Å². The average molecular weight is 307 g/mol. The van der Waals surface area contributed by atoms with Crippen LogP contribution >= 0.6 is 0 Å². The van der Waals surface area contributed by atoms with Crippen LogP contribution in [0.25, 0.3) is 0 Å². The lowest BCUT2D eigenvalue weighted by Gasteiger charge is -2.36. The zero-order valence-corrected chi connectivity index (χ0v) is 14.0. The number of benzene rings is 1. The van der Waals surface area contributed by atoms with Crippen molar-refractivity contribution in [2.45, 2.75) is 52.4 Å². The Hall–Kier alpha value is -1.75. The van der Waals surface area contributed by atoms with Gasteiger partial charge in [0.1, 0.15) is 11.4 Å². The topological polar surface area (TPSA) is 59.0 Å². The van der Waals surface area contributed by atoms with Crippen molar-refractivity contribution in [2.75, 3.05) is 13.7 Å². The molecule has 0 saturated heterocycles. The molecule has 1 amide bonds. The Morgan fingerprint density at radius 3 is 2.64 bits per heavy atom. The van der Waals surface area contributed by atoms with Crippen LogP contribution < -0.4 is 4.74 Å². The summed E-state index contributed by atoms with van der Waals surface area (Å²) < 4.78 is 10.8. The third kappa shape index (κ3) is 3.35. The van der Waals surface area contributed by atoms with Gasteiger partial charge in [-0.3, -0.25) is 0 Å². The molecule has 1 aliphatic heterocycles. The van der Waals surface area contributed by atoms with Crippen molar-refractivity contribution < 1.29 is 19.4 Å². The number of ether oxygens (including phenoxy) is 2. The van der Waals surface area contributed by atoms with Crippen LogP contribution in [0.2, 0.25) is 0 Å². The molecular weight excluding hydrogens is 282 g/mol. The summed E-state index contributed by atoms with van der Waals surface area (Å²) in [6.45, 7) is 8.14. The van der Waals surface area contributed by atoms with E-state index in [0.29, 0.717) is 12.3 Å². The summed E-state index contributed by atoms with van der Waals surface area (Å²) in [6.07, 6.45) is 0.450. The molecule has 1 unspecified atom stereocenters. The van der Waals surface area contributed by atoms with Crippen molar-refractivity contribution in [3.8, 4) is 5.75 Å². The molecule has 0 fully saturated rings. The Morgan fingerprint density at radius 2 is 2.09 bits per heavy atom. The molecule has 0 spiro atoms. The third-order valence-corrected chi connectivity index (χ3v) is 3.88. The average Bonchev–Trinajstić information content (AvgIpc) is 2.44. The molecule has 1 atom stereocenters. The molecule has 0 bridgehead atoms. The van der Waals surface area contributed by atoms with Crippen LogP contribution in [0.4, 0.5) is 4.79 Å². The molecule has 5 nitrogen and oxygen atoms in total. The van der Waals surface area contributed by atoms with Crippen LogP contribution in [0, 0.1) is 0 Å². The molecule has 0 saturated carbocycles. The van der Waals surface area contributed by atoms with E-state index < -0.39 is 5.60 Å². The van der Waals surface area contributed by atoms with E-state index in [1.807, 2.05) is 39.8 Å². The predicted molar refractivity (Wildman–Crippen MR) is 84.0 cm³/mol. The standard InChI is InChI=1S/C17H25NO4/c1-11-14-9-15(21-5)13(10-19)8-12(14)6-7-18(11)16(20)22-17(2,3)4/h8-9,11,19H,6-7,10H2,1-5H3. The number of carbonyl (C=O) groups is 1. The van der Waals surface area contributed by atoms with Crippen LogP contribution in [-0.2, 0) is 17.8 Å². The lowest BCUT2D eigenvalue weighted by molar-refractivity contribution is 0.0159. The van der Waals surface area contributed by atoms with Crippen LogP contribution in [-0.4, -0.2) is 35.4 Å². The van der Waals surface area contributed by atoms with Crippen molar-refractivity contribution >= 4 is 6.09 Å². The first-order valence-electron chi connectivity index (χ1n) is 7.57. The van der Waals surface area contributed by atoms with Crippen molar-refractivity contribution in [1.82, 2.24) is 4.90 Å². The third-order valence-electron chi connectivity index (χ3n) is 3.88. The summed E-state index contributed by atoms with van der Waals surface area (Å²) in [6, 6.07) is 3.80. The summed E-state index contributed by atoms with van der Waals surface area (Å²) in [4.78, 5) is 14.1. The molecular formula is C17H25NO4. The van der Waals surface area contributed by atoms with E-state index in [1.165, 1.54) is 0 Å². The first kappa shape index (κ1) is 16.6. The number of hydrogen-bond acceptors (Lipinski definition) is 4. The predicted octanol–water partition coefficient (Wildman–Crippen LogP) is 3.04. The maximum absolute atomic E-state index is 12.3. The number of methoxy groups -OCH3 is 1. The highest BCUT2D eigenvalue weighted by atomic mass is 16.6. The molecule has 1 aromatic rings. The zero-order valence-electron chi connectivity index (χ0n) is 14.0. The van der Waals surface area contributed by atoms with Gasteiger partial charge in [-0.15, -0.1) is 0 Å². The lowest BCUT2D eigenvalue weighted by Crippen LogP contribution is -2.42. The van der Waals surface area contributed by atoms with Crippen LogP contribution in [0.15, 0.2) is 12.1 Å². The van der Waals surface area contributed by atoms with Gasteiger partial charge in [0.2, 0.25) is 0 Å². The summed E-state index contributed by atoms with van der Waals surface area (Å²) in [5, 5.41) is 9.42. The molecule has 0 radical (unpaired) electrons. The number of fused-ring (bicyclic) bond motifs is 1. The number of carbonyl (C=O) groups excluding carboxylic acids is 1. The van der Waals surface area contributed by atoms with E-state index >= 15 is 0 Å². The van der Waals surface area contributed by atoms with E-state index in [-0.39, 0.29) is 18.7 Å². The summed E-state index contributed by atoms with van der Waals surface area (Å²) in [7, 11) is 1.58. The smallest absolute Gasteiger partial charge is 0.410 e. The number of hydrogen-bond donors (Lipinski definition) is 1. The van der Waals surface area contributed by atoms with Crippen molar-refractivity contribution in [3.05, 3.63) is 28.8 Å². The minimum atomic E-state index is -0.504. The second-order valence-corrected chi connectivity index (χ2v) is 6.62. The molecule has 1 aromatic carbocycles. The fraction of sp³-hybridized carbons (Fsp3) is 0.588. The molecule has 0 aromatic heterocycles. The van der Waals surface area contributed by atoms with Crippen LogP contribution in [0.3, 0.4) is 0 Å². The van der Waals surface area contributed by atoms with Gasteiger partial charge in [0, 0.05) is 12.1 Å². The highest BCUT2D eigenvalue weighted by Gasteiger charge is 2.31. The van der Waals surface area contributed by atoms with Gasteiger partial charge in [-0.25, -0.2) is 4.79 Å². The van der Waals surface area contributed by atoms with Gasteiger partial charge in [0.25, 0.3) is 0 Å². The van der Waals surface area contributed by atoms with Gasteiger partial charge >= 0.3 is 6.09 Å². The molecule has 2 rings (SSSR count). The second kappa shape index (κ2) is 6.16. The van der Waals surface area contributed by atoms with Crippen LogP contribution in [0.5, 0.6) is 5.75 Å². The van der Waals surface area contributed by atoms with Gasteiger partial charge < -0.3 is 19.5 Å². The van der Waals surface area contributed by atoms with Gasteiger partial charge in [0.05, 0.1) is 19.8 Å². The molecule has 0 aliphatic carbocycles. The van der Waals surface area contributed by atoms with Crippen molar-refractivity contribution in [2.24, 2.45) is 0 Å². The number of amides is 1. The lowest BCUT2D eigenvalue weighted by atomic mass is 9.91. The number of aliphatic hydroxyl groups is 1. The van der Waals surface area contributed by atoms with E-state index in [2.05, 4.69) is 0 Å². The normalized spacial score (nSPS) is 17.9. The van der Waals surface area contributed by atoms with E-state index in [0.717, 1.165) is 23.1 Å². The van der Waals surface area contributed by atoms with E-state index in [4.69, 9.17) is 9.47 Å². The van der Waals surface area contributed by atoms with E-state index in [1.54, 1.807) is 12.0 Å². The number of rotatable bonds is 2. The fourth-order valence-corrected chi connectivity index (χ4v) is 2.78. The summed E-state index contributed by atoms with van der Waals surface area (Å²) in [5.74, 6) is 0.652. The Kier molecular flexibility index (Phi) is 4.66.